The van der Waals surface area contributed by atoms with Crippen molar-refractivity contribution in [3.05, 3.63) is 11.8 Å². The first-order valence-electron chi connectivity index (χ1n) is 5.52. The topological polar surface area (TPSA) is 63.8 Å². The molecule has 1 aromatic heterocycles. The van der Waals surface area contributed by atoms with Crippen LogP contribution in [-0.4, -0.2) is 16.0 Å². The molecule has 0 bridgehead atoms. The van der Waals surface area contributed by atoms with Crippen LogP contribution < -0.4 is 11.1 Å². The number of aryl methyl sites for hydroxylation is 1. The Morgan fingerprint density at radius 1 is 1.53 bits per heavy atom. The molecule has 0 aromatic carbocycles. The minimum absolute atomic E-state index is 0.337. The Bertz CT molecular complexity index is 346. The van der Waals surface area contributed by atoms with Crippen molar-refractivity contribution in [2.75, 3.05) is 11.1 Å². The zero-order chi connectivity index (χ0) is 10.8. The summed E-state index contributed by atoms with van der Waals surface area (Å²) in [7, 11) is 0. The van der Waals surface area contributed by atoms with Crippen LogP contribution in [0.25, 0.3) is 0 Å². The number of aromatic nitrogens is 2. The van der Waals surface area contributed by atoms with Crippen LogP contribution in [0.1, 0.15) is 31.7 Å². The van der Waals surface area contributed by atoms with Gasteiger partial charge in [0.15, 0.2) is 0 Å². The van der Waals surface area contributed by atoms with E-state index in [1.54, 1.807) is 6.20 Å². The third-order valence-electron chi connectivity index (χ3n) is 3.21. The van der Waals surface area contributed by atoms with E-state index in [1.165, 1.54) is 19.3 Å². The van der Waals surface area contributed by atoms with Gasteiger partial charge >= 0.3 is 0 Å². The van der Waals surface area contributed by atoms with Gasteiger partial charge in [0.1, 0.15) is 5.82 Å². The smallest absolute Gasteiger partial charge is 0.221 e. The second-order valence-electron chi connectivity index (χ2n) is 4.38. The highest BCUT2D eigenvalue weighted by molar-refractivity contribution is 5.45. The molecule has 15 heavy (non-hydrogen) atoms. The predicted octanol–water partition coefficient (Wildman–Crippen LogP) is 1.97. The number of hydrogen-bond donors (Lipinski definition) is 2. The van der Waals surface area contributed by atoms with E-state index < -0.39 is 0 Å². The molecule has 1 unspecified atom stereocenters. The van der Waals surface area contributed by atoms with Gasteiger partial charge in [-0.2, -0.15) is 4.98 Å². The van der Waals surface area contributed by atoms with Crippen molar-refractivity contribution in [1.82, 2.24) is 9.97 Å². The minimum Gasteiger partial charge on any atom is -0.368 e. The first-order chi connectivity index (χ1) is 7.16. The highest BCUT2D eigenvalue weighted by atomic mass is 15.1. The molecule has 0 radical (unpaired) electrons. The fourth-order valence-corrected chi connectivity index (χ4v) is 1.88. The maximum Gasteiger partial charge on any atom is 0.221 e. The molecule has 1 heterocycles. The van der Waals surface area contributed by atoms with Crippen LogP contribution in [-0.2, 0) is 0 Å². The third kappa shape index (κ3) is 2.19. The number of nitrogens with one attached hydrogen (secondary N) is 1. The van der Waals surface area contributed by atoms with Gasteiger partial charge in [0.25, 0.3) is 0 Å². The average molecular weight is 206 g/mol. The molecule has 82 valence electrons. The maximum atomic E-state index is 5.56. The van der Waals surface area contributed by atoms with Crippen LogP contribution in [0.5, 0.6) is 0 Å². The molecule has 4 nitrogen and oxygen atoms in total. The van der Waals surface area contributed by atoms with Gasteiger partial charge in [-0.3, -0.25) is 0 Å². The number of nitrogens with two attached hydrogens (primary N) is 1. The van der Waals surface area contributed by atoms with E-state index in [0.717, 1.165) is 17.3 Å². The van der Waals surface area contributed by atoms with Crippen molar-refractivity contribution in [2.24, 2.45) is 5.92 Å². The first kappa shape index (κ1) is 10.2. The van der Waals surface area contributed by atoms with E-state index in [2.05, 4.69) is 22.2 Å². The quantitative estimate of drug-likeness (QED) is 0.793. The summed E-state index contributed by atoms with van der Waals surface area (Å²) in [5.41, 5.74) is 6.61. The lowest BCUT2D eigenvalue weighted by atomic mass is 9.80. The van der Waals surface area contributed by atoms with Crippen LogP contribution >= 0.6 is 0 Å². The zero-order valence-electron chi connectivity index (χ0n) is 9.33. The third-order valence-corrected chi connectivity index (χ3v) is 3.21. The van der Waals surface area contributed by atoms with Crippen molar-refractivity contribution >= 4 is 11.8 Å². The Labute approximate surface area is 90.3 Å². The van der Waals surface area contributed by atoms with Gasteiger partial charge in [0.05, 0.1) is 0 Å². The molecule has 4 heteroatoms. The lowest BCUT2D eigenvalue weighted by Gasteiger charge is -2.32. The molecule has 3 N–H and O–H groups in total. The highest BCUT2D eigenvalue weighted by Gasteiger charge is 2.24. The summed E-state index contributed by atoms with van der Waals surface area (Å²) in [5, 5.41) is 3.42. The molecule has 0 spiro atoms. The lowest BCUT2D eigenvalue weighted by Crippen LogP contribution is -2.31. The summed E-state index contributed by atoms with van der Waals surface area (Å²) in [6.45, 7) is 4.21. The van der Waals surface area contributed by atoms with E-state index in [1.807, 2.05) is 6.92 Å². The SMILES string of the molecule is Cc1cnc(N)nc1NC(C)C1CCC1. The van der Waals surface area contributed by atoms with Crippen molar-refractivity contribution < 1.29 is 0 Å². The molecule has 0 saturated heterocycles. The molecule has 1 atom stereocenters. The summed E-state index contributed by atoms with van der Waals surface area (Å²) in [5.74, 6) is 2.01. The molecule has 1 aliphatic rings. The van der Waals surface area contributed by atoms with Crippen molar-refractivity contribution in [1.29, 1.82) is 0 Å². The summed E-state index contributed by atoms with van der Waals surface area (Å²) >= 11 is 0. The van der Waals surface area contributed by atoms with Gasteiger partial charge in [0, 0.05) is 17.8 Å². The van der Waals surface area contributed by atoms with E-state index in [0.29, 0.717) is 12.0 Å². The summed E-state index contributed by atoms with van der Waals surface area (Å²) in [6, 6.07) is 0.478. The highest BCUT2D eigenvalue weighted by Crippen LogP contribution is 2.31. The van der Waals surface area contributed by atoms with Crippen molar-refractivity contribution in [2.45, 2.75) is 39.2 Å². The van der Waals surface area contributed by atoms with E-state index >= 15 is 0 Å². The Morgan fingerprint density at radius 2 is 2.27 bits per heavy atom. The number of rotatable bonds is 3. The Balaban J connectivity index is 2.05. The normalized spacial score (nSPS) is 18.3. The van der Waals surface area contributed by atoms with Gasteiger partial charge < -0.3 is 11.1 Å². The Hall–Kier alpha value is -1.32. The molecule has 0 aliphatic heterocycles. The molecular formula is C11H18N4. The molecule has 0 amide bonds. The minimum atomic E-state index is 0.337. The van der Waals surface area contributed by atoms with Gasteiger partial charge in [-0.1, -0.05) is 6.42 Å². The van der Waals surface area contributed by atoms with Crippen LogP contribution in [0.4, 0.5) is 11.8 Å². The largest absolute Gasteiger partial charge is 0.368 e. The lowest BCUT2D eigenvalue weighted by molar-refractivity contribution is 0.285. The average Bonchev–Trinajstić information content (AvgIpc) is 2.08. The first-order valence-corrected chi connectivity index (χ1v) is 5.52. The van der Waals surface area contributed by atoms with E-state index in [-0.39, 0.29) is 0 Å². The van der Waals surface area contributed by atoms with Crippen molar-refractivity contribution in [3.8, 4) is 0 Å². The maximum absolute atomic E-state index is 5.56. The van der Waals surface area contributed by atoms with Gasteiger partial charge in [-0.25, -0.2) is 4.98 Å². The zero-order valence-corrected chi connectivity index (χ0v) is 9.33. The van der Waals surface area contributed by atoms with Crippen LogP contribution in [0, 0.1) is 12.8 Å². The van der Waals surface area contributed by atoms with Crippen LogP contribution in [0.3, 0.4) is 0 Å². The molecule has 1 fully saturated rings. The number of nitrogen functional groups attached to an aromatic ring is 1. The van der Waals surface area contributed by atoms with Gasteiger partial charge in [-0.05, 0) is 32.6 Å². The number of nitrogens with zero attached hydrogens (tertiary/aromatic N) is 2. The monoisotopic (exact) mass is 206 g/mol. The Morgan fingerprint density at radius 3 is 2.87 bits per heavy atom. The second-order valence-corrected chi connectivity index (χ2v) is 4.38. The molecule has 2 rings (SSSR count). The molecule has 1 aromatic rings. The fraction of sp³-hybridized carbons (Fsp3) is 0.636. The van der Waals surface area contributed by atoms with Crippen molar-refractivity contribution in [3.63, 3.8) is 0 Å². The summed E-state index contributed by atoms with van der Waals surface area (Å²) < 4.78 is 0. The van der Waals surface area contributed by atoms with Gasteiger partial charge in [-0.15, -0.1) is 0 Å². The van der Waals surface area contributed by atoms with Gasteiger partial charge in [0.2, 0.25) is 5.95 Å². The number of hydrogen-bond acceptors (Lipinski definition) is 4. The molecule has 1 saturated carbocycles. The Kier molecular flexibility index (Phi) is 2.75. The summed E-state index contributed by atoms with van der Waals surface area (Å²) in [6.07, 6.45) is 5.78. The van der Waals surface area contributed by atoms with E-state index in [4.69, 9.17) is 5.73 Å². The standard InChI is InChI=1S/C11H18N4/c1-7-6-13-11(12)15-10(7)14-8(2)9-4-3-5-9/h6,8-9H,3-5H2,1-2H3,(H3,12,13,14,15). The van der Waals surface area contributed by atoms with Crippen LogP contribution in [0.15, 0.2) is 6.20 Å². The molecule has 1 aliphatic carbocycles. The fourth-order valence-electron chi connectivity index (χ4n) is 1.88. The molecular weight excluding hydrogens is 188 g/mol. The van der Waals surface area contributed by atoms with E-state index in [9.17, 15) is 0 Å². The van der Waals surface area contributed by atoms with Crippen LogP contribution in [0.2, 0.25) is 0 Å². The number of anilines is 2. The second kappa shape index (κ2) is 4.04. The predicted molar refractivity (Wildman–Crippen MR) is 61.6 cm³/mol. The summed E-state index contributed by atoms with van der Waals surface area (Å²) in [4.78, 5) is 8.16.